The van der Waals surface area contributed by atoms with Crippen molar-refractivity contribution in [3.8, 4) is 0 Å². The van der Waals surface area contributed by atoms with E-state index in [0.717, 1.165) is 0 Å². The fourth-order valence-electron chi connectivity index (χ4n) is 1.88. The molecule has 1 aromatic heterocycles. The molecule has 0 fully saturated rings. The Labute approximate surface area is 110 Å². The minimum absolute atomic E-state index is 0.0752. The van der Waals surface area contributed by atoms with E-state index in [1.54, 1.807) is 23.0 Å². The summed E-state index contributed by atoms with van der Waals surface area (Å²) in [5.41, 5.74) is 6.82. The summed E-state index contributed by atoms with van der Waals surface area (Å²) >= 11 is 0. The van der Waals surface area contributed by atoms with E-state index in [4.69, 9.17) is 10.8 Å². The number of hydrogen-bond donors (Lipinski definition) is 3. The highest BCUT2D eigenvalue weighted by atomic mass is 16.4. The fourth-order valence-corrected chi connectivity index (χ4v) is 1.88. The number of nitrogens with one attached hydrogen (secondary N) is 1. The Hall–Kier alpha value is -2.50. The topological polar surface area (TPSA) is 93.2 Å². The van der Waals surface area contributed by atoms with Gasteiger partial charge in [-0.25, -0.2) is 4.79 Å². The third-order valence-electron chi connectivity index (χ3n) is 2.76. The lowest BCUT2D eigenvalue weighted by Crippen LogP contribution is -2.23. The van der Waals surface area contributed by atoms with Crippen LogP contribution in [0.5, 0.6) is 0 Å². The number of aromatic nitrogens is 2. The molecule has 0 bridgehead atoms. The number of hydrogen-bond acceptors (Lipinski definition) is 4. The predicted octanol–water partition coefficient (Wildman–Crippen LogP) is 1.66. The van der Waals surface area contributed by atoms with Crippen molar-refractivity contribution in [3.63, 3.8) is 0 Å². The minimum Gasteiger partial charge on any atom is -0.478 e. The van der Waals surface area contributed by atoms with Crippen LogP contribution in [-0.2, 0) is 6.54 Å². The first-order chi connectivity index (χ1) is 9.08. The first-order valence-corrected chi connectivity index (χ1v) is 5.93. The number of nitrogens with two attached hydrogens (primary N) is 1. The van der Waals surface area contributed by atoms with Gasteiger partial charge in [0.15, 0.2) is 0 Å². The Bertz CT molecular complexity index is 566. The average molecular weight is 260 g/mol. The highest BCUT2D eigenvalue weighted by Gasteiger charge is 2.12. The van der Waals surface area contributed by atoms with Crippen LogP contribution in [0, 0.1) is 0 Å². The lowest BCUT2D eigenvalue weighted by Gasteiger charge is -2.17. The minimum atomic E-state index is -1.03. The van der Waals surface area contributed by atoms with E-state index in [9.17, 15) is 4.79 Å². The van der Waals surface area contributed by atoms with E-state index in [-0.39, 0.29) is 17.3 Å². The van der Waals surface area contributed by atoms with Crippen LogP contribution >= 0.6 is 0 Å². The van der Waals surface area contributed by atoms with Gasteiger partial charge in [-0.15, -0.1) is 0 Å². The smallest absolute Gasteiger partial charge is 0.337 e. The SMILES string of the molecule is CC(Cn1cccn1)Nc1cccc(C(=O)O)c1N. The highest BCUT2D eigenvalue weighted by Crippen LogP contribution is 2.23. The molecule has 1 heterocycles. The van der Waals surface area contributed by atoms with E-state index >= 15 is 0 Å². The first kappa shape index (κ1) is 12.9. The Kier molecular flexibility index (Phi) is 3.70. The molecule has 1 unspecified atom stereocenters. The number of carbonyl (C=O) groups is 1. The van der Waals surface area contributed by atoms with Crippen molar-refractivity contribution in [3.05, 3.63) is 42.2 Å². The van der Waals surface area contributed by atoms with Crippen LogP contribution in [0.25, 0.3) is 0 Å². The molecule has 0 amide bonds. The van der Waals surface area contributed by atoms with Crippen molar-refractivity contribution < 1.29 is 9.90 Å². The molecule has 100 valence electrons. The van der Waals surface area contributed by atoms with Crippen molar-refractivity contribution in [1.82, 2.24) is 9.78 Å². The van der Waals surface area contributed by atoms with E-state index in [1.165, 1.54) is 6.07 Å². The molecule has 4 N–H and O–H groups in total. The summed E-state index contributed by atoms with van der Waals surface area (Å²) < 4.78 is 1.80. The number of nitrogen functional groups attached to an aromatic ring is 1. The normalized spacial score (nSPS) is 12.1. The molecule has 6 heteroatoms. The van der Waals surface area contributed by atoms with E-state index in [1.807, 2.05) is 19.2 Å². The van der Waals surface area contributed by atoms with Crippen LogP contribution in [0.1, 0.15) is 17.3 Å². The number of rotatable bonds is 5. The molecule has 0 saturated heterocycles. The maximum atomic E-state index is 11.0. The van der Waals surface area contributed by atoms with Gasteiger partial charge in [0.05, 0.1) is 23.5 Å². The molecule has 1 aromatic carbocycles. The van der Waals surface area contributed by atoms with Crippen molar-refractivity contribution in [2.24, 2.45) is 0 Å². The van der Waals surface area contributed by atoms with Crippen molar-refractivity contribution in [1.29, 1.82) is 0 Å². The van der Waals surface area contributed by atoms with Crippen LogP contribution in [0.15, 0.2) is 36.7 Å². The number of carboxylic acid groups (broad SMARTS) is 1. The molecular weight excluding hydrogens is 244 g/mol. The molecule has 0 aliphatic heterocycles. The summed E-state index contributed by atoms with van der Waals surface area (Å²) in [6.45, 7) is 2.65. The number of aromatic carboxylic acids is 1. The second-order valence-corrected chi connectivity index (χ2v) is 4.35. The Morgan fingerprint density at radius 3 is 2.95 bits per heavy atom. The number of benzene rings is 1. The van der Waals surface area contributed by atoms with Crippen LogP contribution in [0.3, 0.4) is 0 Å². The molecule has 0 aliphatic rings. The second-order valence-electron chi connectivity index (χ2n) is 4.35. The Morgan fingerprint density at radius 2 is 2.32 bits per heavy atom. The molecule has 2 aromatic rings. The van der Waals surface area contributed by atoms with Gasteiger partial charge in [0, 0.05) is 18.4 Å². The summed E-state index contributed by atoms with van der Waals surface area (Å²) in [6, 6.07) is 6.85. The lowest BCUT2D eigenvalue weighted by atomic mass is 10.1. The quantitative estimate of drug-likeness (QED) is 0.711. The highest BCUT2D eigenvalue weighted by molar-refractivity contribution is 5.97. The summed E-state index contributed by atoms with van der Waals surface area (Å²) in [4.78, 5) is 11.0. The summed E-state index contributed by atoms with van der Waals surface area (Å²) in [5.74, 6) is -1.03. The number of anilines is 2. The van der Waals surface area contributed by atoms with Gasteiger partial charge in [-0.05, 0) is 25.1 Å². The standard InChI is InChI=1S/C13H16N4O2/c1-9(8-17-7-3-6-15-17)16-11-5-2-4-10(12(11)14)13(18)19/h2-7,9,16H,8,14H2,1H3,(H,18,19). The molecule has 0 saturated carbocycles. The fraction of sp³-hybridized carbons (Fsp3) is 0.231. The summed E-state index contributed by atoms with van der Waals surface area (Å²) in [6.07, 6.45) is 3.58. The van der Waals surface area contributed by atoms with Crippen LogP contribution in [-0.4, -0.2) is 26.9 Å². The number of carboxylic acids is 1. The van der Waals surface area contributed by atoms with Gasteiger partial charge in [0.25, 0.3) is 0 Å². The lowest BCUT2D eigenvalue weighted by molar-refractivity contribution is 0.0698. The average Bonchev–Trinajstić information content (AvgIpc) is 2.84. The van der Waals surface area contributed by atoms with Crippen LogP contribution in [0.4, 0.5) is 11.4 Å². The zero-order valence-electron chi connectivity index (χ0n) is 10.6. The molecule has 6 nitrogen and oxygen atoms in total. The van der Waals surface area contributed by atoms with E-state index in [0.29, 0.717) is 12.2 Å². The van der Waals surface area contributed by atoms with Gasteiger partial charge < -0.3 is 16.2 Å². The summed E-state index contributed by atoms with van der Waals surface area (Å²) in [5, 5.41) is 16.3. The van der Waals surface area contributed by atoms with Gasteiger partial charge in [-0.2, -0.15) is 5.10 Å². The zero-order valence-corrected chi connectivity index (χ0v) is 10.6. The monoisotopic (exact) mass is 260 g/mol. The Morgan fingerprint density at radius 1 is 1.53 bits per heavy atom. The van der Waals surface area contributed by atoms with Gasteiger partial charge >= 0.3 is 5.97 Å². The second kappa shape index (κ2) is 5.43. The summed E-state index contributed by atoms with van der Waals surface area (Å²) in [7, 11) is 0. The first-order valence-electron chi connectivity index (χ1n) is 5.93. The van der Waals surface area contributed by atoms with Gasteiger partial charge in [-0.3, -0.25) is 4.68 Å². The zero-order chi connectivity index (χ0) is 13.8. The molecule has 0 aliphatic carbocycles. The maximum absolute atomic E-state index is 11.0. The predicted molar refractivity (Wildman–Crippen MR) is 73.1 cm³/mol. The van der Waals surface area contributed by atoms with Crippen LogP contribution in [0.2, 0.25) is 0 Å². The Balaban J connectivity index is 2.10. The molecular formula is C13H16N4O2. The molecule has 0 spiro atoms. The van der Waals surface area contributed by atoms with Crippen molar-refractivity contribution in [2.75, 3.05) is 11.1 Å². The molecule has 2 rings (SSSR count). The van der Waals surface area contributed by atoms with Gasteiger partial charge in [0.1, 0.15) is 0 Å². The third-order valence-corrected chi connectivity index (χ3v) is 2.76. The number of para-hydroxylation sites is 1. The molecule has 19 heavy (non-hydrogen) atoms. The largest absolute Gasteiger partial charge is 0.478 e. The van der Waals surface area contributed by atoms with Gasteiger partial charge in [-0.1, -0.05) is 6.07 Å². The van der Waals surface area contributed by atoms with Crippen molar-refractivity contribution >= 4 is 17.3 Å². The third kappa shape index (κ3) is 3.04. The van der Waals surface area contributed by atoms with E-state index < -0.39 is 5.97 Å². The number of nitrogens with zero attached hydrogens (tertiary/aromatic N) is 2. The van der Waals surface area contributed by atoms with E-state index in [2.05, 4.69) is 10.4 Å². The van der Waals surface area contributed by atoms with Crippen LogP contribution < -0.4 is 11.1 Å². The molecule has 1 atom stereocenters. The molecule has 0 radical (unpaired) electrons. The van der Waals surface area contributed by atoms with Crippen molar-refractivity contribution in [2.45, 2.75) is 19.5 Å². The van der Waals surface area contributed by atoms with Gasteiger partial charge in [0.2, 0.25) is 0 Å². The maximum Gasteiger partial charge on any atom is 0.337 e.